The maximum absolute atomic E-state index is 6.03. The van der Waals surface area contributed by atoms with E-state index in [0.717, 1.165) is 10.9 Å². The van der Waals surface area contributed by atoms with Crippen LogP contribution in [0.4, 0.5) is 0 Å². The van der Waals surface area contributed by atoms with Crippen molar-refractivity contribution in [2.75, 3.05) is 0 Å². The lowest BCUT2D eigenvalue weighted by molar-refractivity contribution is 0.618. The van der Waals surface area contributed by atoms with Crippen LogP contribution in [0.3, 0.4) is 0 Å². The Bertz CT molecular complexity index is 636. The highest BCUT2D eigenvalue weighted by molar-refractivity contribution is 6.35. The van der Waals surface area contributed by atoms with E-state index in [1.807, 2.05) is 12.1 Å². The fourth-order valence-corrected chi connectivity index (χ4v) is 1.68. The maximum Gasteiger partial charge on any atom is 0.228 e. The molecule has 78 valence electrons. The Morgan fingerprint density at radius 2 is 2.06 bits per heavy atom. The summed E-state index contributed by atoms with van der Waals surface area (Å²) in [6.45, 7) is 0. The van der Waals surface area contributed by atoms with Crippen LogP contribution in [0.5, 0.6) is 0 Å². The van der Waals surface area contributed by atoms with Crippen molar-refractivity contribution in [3.8, 4) is 11.3 Å². The van der Waals surface area contributed by atoms with E-state index in [-0.39, 0.29) is 0 Å². The van der Waals surface area contributed by atoms with Crippen molar-refractivity contribution < 1.29 is 4.42 Å². The maximum atomic E-state index is 6.03. The second kappa shape index (κ2) is 3.57. The van der Waals surface area contributed by atoms with Gasteiger partial charge in [-0.25, -0.2) is 4.98 Å². The average Bonchev–Trinajstić information content (AvgIpc) is 2.76. The van der Waals surface area contributed by atoms with Crippen LogP contribution in [0.1, 0.15) is 0 Å². The smallest absolute Gasteiger partial charge is 0.228 e. The first kappa shape index (κ1) is 9.30. The fraction of sp³-hybridized carbons (Fsp3) is 0. The highest BCUT2D eigenvalue weighted by Gasteiger charge is 2.09. The van der Waals surface area contributed by atoms with E-state index in [0.29, 0.717) is 16.5 Å². The van der Waals surface area contributed by atoms with Crippen LogP contribution in [0, 0.1) is 0 Å². The number of aromatic nitrogens is 3. The first-order chi connectivity index (χ1) is 7.84. The summed E-state index contributed by atoms with van der Waals surface area (Å²) < 4.78 is 5.57. The molecule has 0 aliphatic carbocycles. The third kappa shape index (κ3) is 1.44. The lowest BCUT2D eigenvalue weighted by Gasteiger charge is -1.91. The lowest BCUT2D eigenvalue weighted by Crippen LogP contribution is -1.79. The van der Waals surface area contributed by atoms with Crippen LogP contribution in [0.15, 0.2) is 41.2 Å². The van der Waals surface area contributed by atoms with E-state index in [2.05, 4.69) is 15.2 Å². The van der Waals surface area contributed by atoms with Gasteiger partial charge in [-0.2, -0.15) is 10.2 Å². The molecule has 3 rings (SSSR count). The molecule has 0 saturated heterocycles. The van der Waals surface area contributed by atoms with Crippen LogP contribution in [-0.2, 0) is 0 Å². The predicted molar refractivity (Wildman–Crippen MR) is 60.0 cm³/mol. The van der Waals surface area contributed by atoms with Gasteiger partial charge in [-0.15, -0.1) is 0 Å². The standard InChI is InChI=1S/C11H6ClN3O/c12-9-2-3-13-11-8(9)5-10(16-11)7-1-4-14-15-6-7/h1-6H. The Hall–Kier alpha value is -1.94. The minimum Gasteiger partial charge on any atom is -0.438 e. The van der Waals surface area contributed by atoms with Gasteiger partial charge < -0.3 is 4.42 Å². The van der Waals surface area contributed by atoms with Crippen molar-refractivity contribution in [2.45, 2.75) is 0 Å². The highest BCUT2D eigenvalue weighted by atomic mass is 35.5. The first-order valence-corrected chi connectivity index (χ1v) is 5.03. The number of rotatable bonds is 1. The van der Waals surface area contributed by atoms with E-state index >= 15 is 0 Å². The van der Waals surface area contributed by atoms with E-state index in [1.165, 1.54) is 0 Å². The van der Waals surface area contributed by atoms with Gasteiger partial charge in [-0.3, -0.25) is 0 Å². The number of fused-ring (bicyclic) bond motifs is 1. The van der Waals surface area contributed by atoms with E-state index in [9.17, 15) is 0 Å². The molecule has 3 aromatic rings. The third-order valence-electron chi connectivity index (χ3n) is 2.25. The molecule has 0 bridgehead atoms. The summed E-state index contributed by atoms with van der Waals surface area (Å²) >= 11 is 6.03. The molecule has 0 fully saturated rings. The quantitative estimate of drug-likeness (QED) is 0.646. The molecule has 5 heteroatoms. The fourth-order valence-electron chi connectivity index (χ4n) is 1.49. The first-order valence-electron chi connectivity index (χ1n) is 4.66. The molecular weight excluding hydrogens is 226 g/mol. The normalized spacial score (nSPS) is 10.8. The zero-order valence-corrected chi connectivity index (χ0v) is 8.85. The second-order valence-corrected chi connectivity index (χ2v) is 3.66. The van der Waals surface area contributed by atoms with Gasteiger partial charge in [0.05, 0.1) is 22.8 Å². The summed E-state index contributed by atoms with van der Waals surface area (Å²) in [6, 6.07) is 5.40. The molecule has 0 radical (unpaired) electrons. The highest BCUT2D eigenvalue weighted by Crippen LogP contribution is 2.29. The summed E-state index contributed by atoms with van der Waals surface area (Å²) in [5.41, 5.74) is 1.38. The third-order valence-corrected chi connectivity index (χ3v) is 2.58. The summed E-state index contributed by atoms with van der Waals surface area (Å²) in [7, 11) is 0. The molecule has 16 heavy (non-hydrogen) atoms. The number of nitrogens with zero attached hydrogens (tertiary/aromatic N) is 3. The molecule has 0 spiro atoms. The number of halogens is 1. The zero-order chi connectivity index (χ0) is 11.0. The molecule has 3 aromatic heterocycles. The molecule has 0 aliphatic rings. The molecule has 0 saturated carbocycles. The topological polar surface area (TPSA) is 51.8 Å². The van der Waals surface area contributed by atoms with Gasteiger partial charge in [0.2, 0.25) is 5.71 Å². The van der Waals surface area contributed by atoms with E-state index in [1.54, 1.807) is 24.7 Å². The molecule has 4 nitrogen and oxygen atoms in total. The van der Waals surface area contributed by atoms with Crippen molar-refractivity contribution in [1.82, 2.24) is 15.2 Å². The summed E-state index contributed by atoms with van der Waals surface area (Å²) in [6.07, 6.45) is 4.85. The molecule has 0 N–H and O–H groups in total. The molecule has 0 aliphatic heterocycles. The Morgan fingerprint density at radius 1 is 1.12 bits per heavy atom. The van der Waals surface area contributed by atoms with E-state index in [4.69, 9.17) is 16.0 Å². The van der Waals surface area contributed by atoms with Crippen LogP contribution in [0.25, 0.3) is 22.4 Å². The largest absolute Gasteiger partial charge is 0.438 e. The van der Waals surface area contributed by atoms with Crippen LogP contribution in [-0.4, -0.2) is 15.2 Å². The van der Waals surface area contributed by atoms with Gasteiger partial charge in [-0.05, 0) is 18.2 Å². The van der Waals surface area contributed by atoms with Crippen LogP contribution >= 0.6 is 11.6 Å². The minimum atomic E-state index is 0.527. The van der Waals surface area contributed by atoms with Crippen molar-refractivity contribution in [1.29, 1.82) is 0 Å². The second-order valence-electron chi connectivity index (χ2n) is 3.25. The van der Waals surface area contributed by atoms with Gasteiger partial charge in [-0.1, -0.05) is 11.6 Å². The summed E-state index contributed by atoms with van der Waals surface area (Å²) in [5.74, 6) is 0.686. The SMILES string of the molecule is Clc1ccnc2oc(-c3ccnnc3)cc12. The Morgan fingerprint density at radius 3 is 2.81 bits per heavy atom. The van der Waals surface area contributed by atoms with Crippen molar-refractivity contribution >= 4 is 22.7 Å². The molecule has 0 aromatic carbocycles. The molecule has 0 atom stereocenters. The number of hydrogen-bond donors (Lipinski definition) is 0. The van der Waals surface area contributed by atoms with Gasteiger partial charge in [0.15, 0.2) is 0 Å². The van der Waals surface area contributed by atoms with Crippen molar-refractivity contribution in [3.05, 3.63) is 41.8 Å². The average molecular weight is 232 g/mol. The number of pyridine rings is 1. The number of furan rings is 1. The van der Waals surface area contributed by atoms with Crippen molar-refractivity contribution in [2.24, 2.45) is 0 Å². The van der Waals surface area contributed by atoms with Gasteiger partial charge in [0.25, 0.3) is 0 Å². The van der Waals surface area contributed by atoms with E-state index < -0.39 is 0 Å². The Balaban J connectivity index is 2.23. The molecule has 3 heterocycles. The van der Waals surface area contributed by atoms with Gasteiger partial charge >= 0.3 is 0 Å². The zero-order valence-electron chi connectivity index (χ0n) is 8.09. The lowest BCUT2D eigenvalue weighted by atomic mass is 10.2. The van der Waals surface area contributed by atoms with Crippen LogP contribution < -0.4 is 0 Å². The van der Waals surface area contributed by atoms with Crippen molar-refractivity contribution in [3.63, 3.8) is 0 Å². The minimum absolute atomic E-state index is 0.527. The number of hydrogen-bond acceptors (Lipinski definition) is 4. The molecule has 0 unspecified atom stereocenters. The van der Waals surface area contributed by atoms with Gasteiger partial charge in [0, 0.05) is 11.8 Å². The Kier molecular flexibility index (Phi) is 2.08. The Labute approximate surface area is 95.9 Å². The molecule has 0 amide bonds. The summed E-state index contributed by atoms with van der Waals surface area (Å²) in [5, 5.41) is 8.93. The monoisotopic (exact) mass is 231 g/mol. The van der Waals surface area contributed by atoms with Crippen LogP contribution in [0.2, 0.25) is 5.02 Å². The predicted octanol–water partition coefficient (Wildman–Crippen LogP) is 2.94. The molecular formula is C11H6ClN3O. The summed E-state index contributed by atoms with van der Waals surface area (Å²) in [4.78, 5) is 4.10. The van der Waals surface area contributed by atoms with Gasteiger partial charge in [0.1, 0.15) is 5.76 Å².